The molecule has 0 aliphatic rings. The lowest BCUT2D eigenvalue weighted by Gasteiger charge is -2.21. The van der Waals surface area contributed by atoms with Gasteiger partial charge in [-0.1, -0.05) is 11.6 Å². The third kappa shape index (κ3) is 3.05. The molecule has 0 amide bonds. The van der Waals surface area contributed by atoms with Gasteiger partial charge in [0.25, 0.3) is 0 Å². The van der Waals surface area contributed by atoms with Crippen molar-refractivity contribution < 1.29 is 19.4 Å². The Bertz CT molecular complexity index is 520. The van der Waals surface area contributed by atoms with Crippen molar-refractivity contribution in [3.63, 3.8) is 0 Å². The minimum absolute atomic E-state index is 0.0148. The molecular formula is C12H12ClNO4. The first kappa shape index (κ1) is 14.1. The van der Waals surface area contributed by atoms with Crippen LogP contribution in [0.15, 0.2) is 12.1 Å². The van der Waals surface area contributed by atoms with Crippen LogP contribution >= 0.6 is 11.6 Å². The summed E-state index contributed by atoms with van der Waals surface area (Å²) in [6, 6.07) is 4.49. The van der Waals surface area contributed by atoms with Crippen LogP contribution < -0.4 is 9.47 Å². The lowest BCUT2D eigenvalue weighted by molar-refractivity contribution is 0.0696. The van der Waals surface area contributed by atoms with Crippen LogP contribution in [-0.2, 0) is 0 Å². The zero-order chi connectivity index (χ0) is 13.9. The van der Waals surface area contributed by atoms with Crippen molar-refractivity contribution in [3.8, 4) is 17.6 Å². The summed E-state index contributed by atoms with van der Waals surface area (Å²) < 4.78 is 10.5. The van der Waals surface area contributed by atoms with Gasteiger partial charge >= 0.3 is 5.97 Å². The van der Waals surface area contributed by atoms with E-state index in [1.54, 1.807) is 13.8 Å². The summed E-state index contributed by atoms with van der Waals surface area (Å²) >= 11 is 5.94. The Morgan fingerprint density at radius 2 is 2.11 bits per heavy atom. The number of aromatic carboxylic acids is 1. The van der Waals surface area contributed by atoms with E-state index in [1.165, 1.54) is 19.2 Å². The smallest absolute Gasteiger partial charge is 0.335 e. The van der Waals surface area contributed by atoms with Gasteiger partial charge in [0.1, 0.15) is 6.07 Å². The standard InChI is InChI=1S/C12H12ClNO4/c1-12(2,6-14)18-10-8(13)4-7(11(15)16)5-9(10)17-3/h4-5H,1-3H3,(H,15,16). The Kier molecular flexibility index (Phi) is 4.04. The first-order chi connectivity index (χ1) is 8.30. The van der Waals surface area contributed by atoms with E-state index in [-0.39, 0.29) is 22.1 Å². The van der Waals surface area contributed by atoms with E-state index in [9.17, 15) is 4.79 Å². The number of carboxylic acid groups (broad SMARTS) is 1. The van der Waals surface area contributed by atoms with Gasteiger partial charge in [0.05, 0.1) is 17.7 Å². The Morgan fingerprint density at radius 3 is 2.56 bits per heavy atom. The quantitative estimate of drug-likeness (QED) is 0.909. The summed E-state index contributed by atoms with van der Waals surface area (Å²) in [6.45, 7) is 3.13. The molecule has 0 spiro atoms. The van der Waals surface area contributed by atoms with Crippen LogP contribution in [0, 0.1) is 11.3 Å². The molecular weight excluding hydrogens is 258 g/mol. The number of benzene rings is 1. The average Bonchev–Trinajstić information content (AvgIpc) is 2.31. The van der Waals surface area contributed by atoms with Crippen molar-refractivity contribution in [1.82, 2.24) is 0 Å². The summed E-state index contributed by atoms with van der Waals surface area (Å²) in [6.07, 6.45) is 0. The highest BCUT2D eigenvalue weighted by molar-refractivity contribution is 6.32. The molecule has 0 saturated heterocycles. The van der Waals surface area contributed by atoms with Crippen molar-refractivity contribution in [2.75, 3.05) is 7.11 Å². The first-order valence-electron chi connectivity index (χ1n) is 5.02. The molecule has 96 valence electrons. The lowest BCUT2D eigenvalue weighted by Crippen LogP contribution is -2.26. The number of carboxylic acids is 1. The van der Waals surface area contributed by atoms with Crippen molar-refractivity contribution >= 4 is 17.6 Å². The van der Waals surface area contributed by atoms with Crippen LogP contribution in [0.3, 0.4) is 0 Å². The Morgan fingerprint density at radius 1 is 1.50 bits per heavy atom. The van der Waals surface area contributed by atoms with Gasteiger partial charge in [-0.3, -0.25) is 0 Å². The topological polar surface area (TPSA) is 79.6 Å². The van der Waals surface area contributed by atoms with Gasteiger partial charge < -0.3 is 14.6 Å². The summed E-state index contributed by atoms with van der Waals surface area (Å²) in [7, 11) is 1.36. The highest BCUT2D eigenvalue weighted by Gasteiger charge is 2.24. The van der Waals surface area contributed by atoms with Crippen LogP contribution in [0.1, 0.15) is 24.2 Å². The number of methoxy groups -OCH3 is 1. The number of nitrogens with zero attached hydrogens (tertiary/aromatic N) is 1. The fourth-order valence-corrected chi connectivity index (χ4v) is 1.47. The van der Waals surface area contributed by atoms with Crippen LogP contribution in [0.4, 0.5) is 0 Å². The Balaban J connectivity index is 3.29. The van der Waals surface area contributed by atoms with Gasteiger partial charge in [0, 0.05) is 0 Å². The van der Waals surface area contributed by atoms with E-state index >= 15 is 0 Å². The fourth-order valence-electron chi connectivity index (χ4n) is 1.22. The molecule has 6 heteroatoms. The molecule has 1 aromatic rings. The number of hydrogen-bond acceptors (Lipinski definition) is 4. The molecule has 18 heavy (non-hydrogen) atoms. The third-order valence-corrected chi connectivity index (χ3v) is 2.38. The average molecular weight is 270 g/mol. The third-order valence-electron chi connectivity index (χ3n) is 2.10. The van der Waals surface area contributed by atoms with E-state index in [2.05, 4.69) is 0 Å². The van der Waals surface area contributed by atoms with E-state index in [4.69, 9.17) is 31.4 Å². The summed E-state index contributed by atoms with van der Waals surface area (Å²) in [5.74, 6) is -0.805. The second-order valence-electron chi connectivity index (χ2n) is 4.02. The molecule has 1 rings (SSSR count). The first-order valence-corrected chi connectivity index (χ1v) is 5.39. The fraction of sp³-hybridized carbons (Fsp3) is 0.333. The van der Waals surface area contributed by atoms with Gasteiger partial charge in [-0.2, -0.15) is 5.26 Å². The van der Waals surface area contributed by atoms with Gasteiger partial charge in [-0.15, -0.1) is 0 Å². The Hall–Kier alpha value is -1.93. The SMILES string of the molecule is COc1cc(C(=O)O)cc(Cl)c1OC(C)(C)C#N. The van der Waals surface area contributed by atoms with Gasteiger partial charge in [0.2, 0.25) is 0 Å². The number of nitriles is 1. The molecule has 1 N–H and O–H groups in total. The molecule has 0 atom stereocenters. The van der Waals surface area contributed by atoms with E-state index in [1.807, 2.05) is 6.07 Å². The maximum absolute atomic E-state index is 10.9. The van der Waals surface area contributed by atoms with E-state index in [0.717, 1.165) is 0 Å². The molecule has 0 heterocycles. The molecule has 0 saturated carbocycles. The number of hydrogen-bond donors (Lipinski definition) is 1. The molecule has 0 unspecified atom stereocenters. The number of rotatable bonds is 4. The van der Waals surface area contributed by atoms with Crippen LogP contribution in [-0.4, -0.2) is 23.8 Å². The summed E-state index contributed by atoms with van der Waals surface area (Å²) in [5, 5.41) is 17.9. The monoisotopic (exact) mass is 269 g/mol. The number of carbonyl (C=O) groups is 1. The zero-order valence-corrected chi connectivity index (χ0v) is 10.9. The summed E-state index contributed by atoms with van der Waals surface area (Å²) in [5.41, 5.74) is -1.11. The van der Waals surface area contributed by atoms with E-state index in [0.29, 0.717) is 0 Å². The second-order valence-corrected chi connectivity index (χ2v) is 4.43. The predicted octanol–water partition coefficient (Wildman–Crippen LogP) is 2.73. The molecule has 0 aromatic heterocycles. The number of halogens is 1. The minimum atomic E-state index is -1.12. The molecule has 0 radical (unpaired) electrons. The van der Waals surface area contributed by atoms with Crippen molar-refractivity contribution in [3.05, 3.63) is 22.7 Å². The normalized spacial score (nSPS) is 10.6. The molecule has 0 bridgehead atoms. The van der Waals surface area contributed by atoms with Crippen LogP contribution in [0.5, 0.6) is 11.5 Å². The molecule has 0 aliphatic heterocycles. The van der Waals surface area contributed by atoms with Gasteiger partial charge in [-0.25, -0.2) is 4.79 Å². The molecule has 1 aromatic carbocycles. The second kappa shape index (κ2) is 5.15. The predicted molar refractivity (Wildman–Crippen MR) is 65.3 cm³/mol. The molecule has 0 fully saturated rings. The van der Waals surface area contributed by atoms with Crippen molar-refractivity contribution in [2.45, 2.75) is 19.4 Å². The van der Waals surface area contributed by atoms with Gasteiger partial charge in [0.15, 0.2) is 17.1 Å². The van der Waals surface area contributed by atoms with E-state index < -0.39 is 11.6 Å². The maximum atomic E-state index is 10.9. The zero-order valence-electron chi connectivity index (χ0n) is 10.2. The lowest BCUT2D eigenvalue weighted by atomic mass is 10.1. The van der Waals surface area contributed by atoms with Crippen LogP contribution in [0.2, 0.25) is 5.02 Å². The van der Waals surface area contributed by atoms with Crippen LogP contribution in [0.25, 0.3) is 0 Å². The highest BCUT2D eigenvalue weighted by atomic mass is 35.5. The molecule has 5 nitrogen and oxygen atoms in total. The summed E-state index contributed by atoms with van der Waals surface area (Å²) in [4.78, 5) is 10.9. The van der Waals surface area contributed by atoms with Crippen molar-refractivity contribution in [1.29, 1.82) is 5.26 Å². The Labute approximate surface area is 109 Å². The number of ether oxygens (including phenoxy) is 2. The minimum Gasteiger partial charge on any atom is -0.493 e. The van der Waals surface area contributed by atoms with Gasteiger partial charge in [-0.05, 0) is 26.0 Å². The van der Waals surface area contributed by atoms with Crippen molar-refractivity contribution in [2.24, 2.45) is 0 Å². The highest BCUT2D eigenvalue weighted by Crippen LogP contribution is 2.38. The maximum Gasteiger partial charge on any atom is 0.335 e. The molecule has 0 aliphatic carbocycles. The largest absolute Gasteiger partial charge is 0.493 e.